The van der Waals surface area contributed by atoms with Crippen molar-refractivity contribution in [3.8, 4) is 11.3 Å². The molecule has 124 valence electrons. The number of carbonyl (C=O) groups is 1. The molecule has 4 nitrogen and oxygen atoms in total. The van der Waals surface area contributed by atoms with Crippen LogP contribution in [0, 0.1) is 5.82 Å². The van der Waals surface area contributed by atoms with E-state index in [1.54, 1.807) is 22.8 Å². The quantitative estimate of drug-likeness (QED) is 0.583. The second-order valence-corrected chi connectivity index (χ2v) is 5.77. The molecule has 0 fully saturated rings. The number of nitrogens with zero attached hydrogens (tertiary/aromatic N) is 1. The maximum atomic E-state index is 13.1. The highest BCUT2D eigenvalue weighted by molar-refractivity contribution is 5.94. The van der Waals surface area contributed by atoms with Crippen LogP contribution in [0.4, 0.5) is 4.39 Å². The van der Waals surface area contributed by atoms with E-state index in [0.717, 1.165) is 11.1 Å². The van der Waals surface area contributed by atoms with Crippen LogP contribution in [0.2, 0.25) is 0 Å². The van der Waals surface area contributed by atoms with Gasteiger partial charge in [-0.3, -0.25) is 0 Å². The average molecular weight is 335 g/mol. The van der Waals surface area contributed by atoms with E-state index in [1.807, 2.05) is 30.3 Å². The van der Waals surface area contributed by atoms with Crippen LogP contribution in [0.3, 0.4) is 0 Å². The smallest absolute Gasteiger partial charge is 0.352 e. The van der Waals surface area contributed by atoms with E-state index in [2.05, 4.69) is 0 Å². The lowest BCUT2D eigenvalue weighted by atomic mass is 10.2. The molecule has 2 heterocycles. The predicted octanol–water partition coefficient (Wildman–Crippen LogP) is 4.79. The van der Waals surface area contributed by atoms with Crippen LogP contribution in [0.5, 0.6) is 0 Å². The van der Waals surface area contributed by atoms with Crippen molar-refractivity contribution < 1.29 is 18.7 Å². The topological polar surface area (TPSA) is 55.4 Å². The molecule has 0 aliphatic carbocycles. The number of carboxylic acids is 1. The van der Waals surface area contributed by atoms with Crippen molar-refractivity contribution in [2.24, 2.45) is 0 Å². The molecule has 0 bridgehead atoms. The first-order chi connectivity index (χ1) is 12.1. The lowest BCUT2D eigenvalue weighted by Gasteiger charge is -2.07. The molecule has 5 heteroatoms. The van der Waals surface area contributed by atoms with Crippen molar-refractivity contribution in [2.45, 2.75) is 6.54 Å². The molecule has 0 saturated heterocycles. The molecule has 4 rings (SSSR count). The summed E-state index contributed by atoms with van der Waals surface area (Å²) in [6.07, 6.45) is 0. The Kier molecular flexibility index (Phi) is 3.61. The number of hydrogen-bond donors (Lipinski definition) is 1. The second-order valence-electron chi connectivity index (χ2n) is 5.77. The van der Waals surface area contributed by atoms with Gasteiger partial charge in [0.25, 0.3) is 0 Å². The minimum absolute atomic E-state index is 0.170. The molecule has 25 heavy (non-hydrogen) atoms. The van der Waals surface area contributed by atoms with Crippen molar-refractivity contribution in [2.75, 3.05) is 0 Å². The first-order valence-corrected chi connectivity index (χ1v) is 7.78. The highest BCUT2D eigenvalue weighted by Crippen LogP contribution is 2.31. The number of aromatic carboxylic acids is 1. The molecule has 0 amide bonds. The number of furan rings is 1. The molecule has 2 aromatic carbocycles. The van der Waals surface area contributed by atoms with Crippen molar-refractivity contribution in [3.63, 3.8) is 0 Å². The average Bonchev–Trinajstić information content (AvgIpc) is 3.16. The lowest BCUT2D eigenvalue weighted by molar-refractivity contribution is 0.0686. The number of halogens is 1. The minimum atomic E-state index is -1.01. The number of benzene rings is 2. The van der Waals surface area contributed by atoms with E-state index in [1.165, 1.54) is 18.2 Å². The van der Waals surface area contributed by atoms with Gasteiger partial charge in [-0.15, -0.1) is 0 Å². The molecular weight excluding hydrogens is 321 g/mol. The summed E-state index contributed by atoms with van der Waals surface area (Å²) in [5.41, 5.74) is 3.09. The van der Waals surface area contributed by atoms with E-state index < -0.39 is 5.97 Å². The minimum Gasteiger partial charge on any atom is -0.477 e. The van der Waals surface area contributed by atoms with Gasteiger partial charge in [-0.2, -0.15) is 0 Å². The molecule has 0 spiro atoms. The maximum absolute atomic E-state index is 13.1. The molecule has 0 unspecified atom stereocenters. The Morgan fingerprint density at radius 3 is 2.44 bits per heavy atom. The second kappa shape index (κ2) is 5.94. The number of hydrogen-bond acceptors (Lipinski definition) is 2. The van der Waals surface area contributed by atoms with Gasteiger partial charge in [0, 0.05) is 24.2 Å². The van der Waals surface area contributed by atoms with Gasteiger partial charge in [-0.1, -0.05) is 30.3 Å². The zero-order chi connectivity index (χ0) is 17.4. The van der Waals surface area contributed by atoms with E-state index in [4.69, 9.17) is 4.42 Å². The van der Waals surface area contributed by atoms with Crippen LogP contribution in [-0.4, -0.2) is 15.6 Å². The molecule has 0 radical (unpaired) electrons. The first-order valence-electron chi connectivity index (χ1n) is 7.78. The third kappa shape index (κ3) is 2.80. The molecule has 4 aromatic rings. The third-order valence-electron chi connectivity index (χ3n) is 4.12. The van der Waals surface area contributed by atoms with Crippen molar-refractivity contribution in [1.82, 2.24) is 4.57 Å². The molecule has 0 saturated carbocycles. The molecule has 0 atom stereocenters. The van der Waals surface area contributed by atoms with Crippen LogP contribution in [0.1, 0.15) is 16.1 Å². The van der Waals surface area contributed by atoms with E-state index in [9.17, 15) is 14.3 Å². The fourth-order valence-electron chi connectivity index (χ4n) is 2.91. The summed E-state index contributed by atoms with van der Waals surface area (Å²) in [7, 11) is 0. The van der Waals surface area contributed by atoms with Crippen molar-refractivity contribution in [3.05, 3.63) is 83.8 Å². The molecule has 0 aliphatic rings. The van der Waals surface area contributed by atoms with Crippen molar-refractivity contribution in [1.29, 1.82) is 0 Å². The van der Waals surface area contributed by atoms with E-state index in [0.29, 0.717) is 23.4 Å². The van der Waals surface area contributed by atoms with Gasteiger partial charge in [0.2, 0.25) is 0 Å². The van der Waals surface area contributed by atoms with Crippen LogP contribution in [-0.2, 0) is 6.54 Å². The fourth-order valence-corrected chi connectivity index (χ4v) is 2.91. The predicted molar refractivity (Wildman–Crippen MR) is 92.1 cm³/mol. The van der Waals surface area contributed by atoms with Gasteiger partial charge >= 0.3 is 5.97 Å². The largest absolute Gasteiger partial charge is 0.477 e. The molecule has 1 N–H and O–H groups in total. The summed E-state index contributed by atoms with van der Waals surface area (Å²) < 4.78 is 20.6. The van der Waals surface area contributed by atoms with Gasteiger partial charge in [0.15, 0.2) is 5.58 Å². The summed E-state index contributed by atoms with van der Waals surface area (Å²) in [4.78, 5) is 11.6. The zero-order valence-electron chi connectivity index (χ0n) is 13.1. The summed E-state index contributed by atoms with van der Waals surface area (Å²) in [6, 6.07) is 18.9. The Hall–Kier alpha value is -3.34. The lowest BCUT2D eigenvalue weighted by Crippen LogP contribution is -2.09. The molecule has 2 aromatic heterocycles. The third-order valence-corrected chi connectivity index (χ3v) is 4.12. The summed E-state index contributed by atoms with van der Waals surface area (Å²) in [6.45, 7) is 0.425. The monoisotopic (exact) mass is 335 g/mol. The van der Waals surface area contributed by atoms with E-state index in [-0.39, 0.29) is 11.5 Å². The standard InChI is InChI=1S/C20H14FNO3/c21-15-8-6-14(7-9-15)18-10-16-19(25-18)11-17(20(23)24)22(16)12-13-4-2-1-3-5-13/h1-11H,12H2,(H,23,24). The van der Waals surface area contributed by atoms with Crippen molar-refractivity contribution >= 4 is 17.1 Å². The Morgan fingerprint density at radius 1 is 1.04 bits per heavy atom. The zero-order valence-corrected chi connectivity index (χ0v) is 13.1. The van der Waals surface area contributed by atoms with Crippen LogP contribution < -0.4 is 0 Å². The first kappa shape index (κ1) is 15.2. The number of rotatable bonds is 4. The normalized spacial score (nSPS) is 11.1. The highest BCUT2D eigenvalue weighted by Gasteiger charge is 2.19. The fraction of sp³-hybridized carbons (Fsp3) is 0.0500. The Balaban J connectivity index is 1.82. The summed E-state index contributed by atoms with van der Waals surface area (Å²) in [5, 5.41) is 9.48. The van der Waals surface area contributed by atoms with Crippen LogP contribution in [0.25, 0.3) is 22.4 Å². The van der Waals surface area contributed by atoms with Gasteiger partial charge in [0.1, 0.15) is 17.3 Å². The van der Waals surface area contributed by atoms with Gasteiger partial charge in [-0.05, 0) is 29.8 Å². The molecular formula is C20H14FNO3. The van der Waals surface area contributed by atoms with Gasteiger partial charge < -0.3 is 14.1 Å². The highest BCUT2D eigenvalue weighted by atomic mass is 19.1. The maximum Gasteiger partial charge on any atom is 0.352 e. The van der Waals surface area contributed by atoms with Crippen LogP contribution >= 0.6 is 0 Å². The SMILES string of the molecule is O=C(O)c1cc2oc(-c3ccc(F)cc3)cc2n1Cc1ccccc1. The van der Waals surface area contributed by atoms with Gasteiger partial charge in [0.05, 0.1) is 5.52 Å². The molecule has 0 aliphatic heterocycles. The summed E-state index contributed by atoms with van der Waals surface area (Å²) >= 11 is 0. The Bertz CT molecular complexity index is 1050. The Morgan fingerprint density at radius 2 is 1.76 bits per heavy atom. The van der Waals surface area contributed by atoms with Crippen LogP contribution in [0.15, 0.2) is 71.1 Å². The number of fused-ring (bicyclic) bond motifs is 1. The number of aromatic nitrogens is 1. The summed E-state index contributed by atoms with van der Waals surface area (Å²) in [5.74, 6) is -0.754. The Labute approximate surface area is 142 Å². The number of carboxylic acid groups (broad SMARTS) is 1. The van der Waals surface area contributed by atoms with E-state index >= 15 is 0 Å². The van der Waals surface area contributed by atoms with Gasteiger partial charge in [-0.25, -0.2) is 9.18 Å².